The van der Waals surface area contributed by atoms with Gasteiger partial charge in [-0.2, -0.15) is 13.5 Å². The van der Waals surface area contributed by atoms with Gasteiger partial charge in [-0.3, -0.25) is 9.52 Å². The predicted molar refractivity (Wildman–Crippen MR) is 122 cm³/mol. The second-order valence-corrected chi connectivity index (χ2v) is 9.66. The highest BCUT2D eigenvalue weighted by atomic mass is 32.2. The number of pyridine rings is 1. The van der Waals surface area contributed by atoms with E-state index in [1.165, 1.54) is 11.8 Å². The van der Waals surface area contributed by atoms with Crippen molar-refractivity contribution in [3.05, 3.63) is 58.1 Å². The van der Waals surface area contributed by atoms with Gasteiger partial charge in [-0.1, -0.05) is 12.1 Å². The van der Waals surface area contributed by atoms with Gasteiger partial charge >= 0.3 is 16.3 Å². The van der Waals surface area contributed by atoms with E-state index in [0.29, 0.717) is 22.9 Å². The maximum absolute atomic E-state index is 12.4. The second-order valence-electron chi connectivity index (χ2n) is 8.24. The molecule has 0 saturated carbocycles. The molecule has 0 fully saturated rings. The Labute approximate surface area is 190 Å². The van der Waals surface area contributed by atoms with Crippen molar-refractivity contribution in [3.63, 3.8) is 0 Å². The van der Waals surface area contributed by atoms with Gasteiger partial charge in [0.25, 0.3) is 5.56 Å². The first-order valence-corrected chi connectivity index (χ1v) is 11.4. The minimum absolute atomic E-state index is 0.211. The maximum atomic E-state index is 12.4. The van der Waals surface area contributed by atoms with Crippen molar-refractivity contribution in [1.29, 1.82) is 0 Å². The molecule has 0 aliphatic carbocycles. The first-order chi connectivity index (χ1) is 15.4. The predicted octanol–water partition coefficient (Wildman–Crippen LogP) is 2.11. The van der Waals surface area contributed by atoms with Crippen LogP contribution in [-0.2, 0) is 28.4 Å². The molecule has 0 saturated heterocycles. The summed E-state index contributed by atoms with van der Waals surface area (Å²) in [6.07, 6.45) is 0.900. The summed E-state index contributed by atoms with van der Waals surface area (Å²) >= 11 is 0. The van der Waals surface area contributed by atoms with Crippen LogP contribution in [0.15, 0.2) is 41.3 Å². The first kappa shape index (κ1) is 24.0. The standard InChI is InChI=1S/C21H25N5O6S/c1-21(2,3)32-20(28)25-33(29,30)24-15-8-6-13(7-9-15)10-16-11-14-12-22-26(4)19(27)17(14)18(23-16)31-5/h6-9,11-12,24H,10H2,1-5H3,(H,25,28). The fourth-order valence-corrected chi connectivity index (χ4v) is 3.76. The van der Waals surface area contributed by atoms with Crippen molar-refractivity contribution in [1.82, 2.24) is 19.5 Å². The molecule has 0 aliphatic heterocycles. The number of hydrogen-bond donors (Lipinski definition) is 2. The molecule has 33 heavy (non-hydrogen) atoms. The third-order valence-corrected chi connectivity index (χ3v) is 5.29. The van der Waals surface area contributed by atoms with Crippen LogP contribution in [0.3, 0.4) is 0 Å². The van der Waals surface area contributed by atoms with Gasteiger partial charge in [0.1, 0.15) is 11.0 Å². The van der Waals surface area contributed by atoms with Crippen molar-refractivity contribution in [2.45, 2.75) is 32.8 Å². The quantitative estimate of drug-likeness (QED) is 0.552. The van der Waals surface area contributed by atoms with Crippen molar-refractivity contribution >= 4 is 32.8 Å². The summed E-state index contributed by atoms with van der Waals surface area (Å²) in [5.74, 6) is 0.211. The zero-order valence-electron chi connectivity index (χ0n) is 18.9. The van der Waals surface area contributed by atoms with Crippen LogP contribution in [0.2, 0.25) is 0 Å². The van der Waals surface area contributed by atoms with Gasteiger partial charge < -0.3 is 9.47 Å². The smallest absolute Gasteiger partial charge is 0.422 e. The molecule has 1 amide bonds. The molecule has 0 bridgehead atoms. The molecule has 2 aromatic heterocycles. The molecule has 2 heterocycles. The highest BCUT2D eigenvalue weighted by molar-refractivity contribution is 7.91. The minimum atomic E-state index is -4.16. The van der Waals surface area contributed by atoms with Crippen molar-refractivity contribution in [2.24, 2.45) is 7.05 Å². The average molecular weight is 476 g/mol. The number of nitrogens with one attached hydrogen (secondary N) is 2. The molecule has 0 spiro atoms. The van der Waals surface area contributed by atoms with E-state index in [2.05, 4.69) is 14.8 Å². The van der Waals surface area contributed by atoms with Crippen LogP contribution in [0, 0.1) is 0 Å². The minimum Gasteiger partial charge on any atom is -0.480 e. The van der Waals surface area contributed by atoms with Gasteiger partial charge in [0.05, 0.1) is 19.0 Å². The summed E-state index contributed by atoms with van der Waals surface area (Å²) < 4.78 is 39.8. The van der Waals surface area contributed by atoms with E-state index in [4.69, 9.17) is 9.47 Å². The van der Waals surface area contributed by atoms with Gasteiger partial charge in [0.2, 0.25) is 5.88 Å². The zero-order valence-corrected chi connectivity index (χ0v) is 19.7. The molecule has 3 aromatic rings. The van der Waals surface area contributed by atoms with Crippen LogP contribution in [0.1, 0.15) is 32.0 Å². The third kappa shape index (κ3) is 6.19. The van der Waals surface area contributed by atoms with Crippen molar-refractivity contribution < 1.29 is 22.7 Å². The number of benzene rings is 1. The molecule has 3 rings (SSSR count). The lowest BCUT2D eigenvalue weighted by molar-refractivity contribution is 0.0570. The van der Waals surface area contributed by atoms with E-state index >= 15 is 0 Å². The Morgan fingerprint density at radius 2 is 1.85 bits per heavy atom. The average Bonchev–Trinajstić information content (AvgIpc) is 2.69. The summed E-state index contributed by atoms with van der Waals surface area (Å²) in [5.41, 5.74) is 0.605. The number of aryl methyl sites for hydroxylation is 1. The van der Waals surface area contributed by atoms with E-state index in [9.17, 15) is 18.0 Å². The monoisotopic (exact) mass is 475 g/mol. The first-order valence-electron chi connectivity index (χ1n) is 9.89. The SMILES string of the molecule is COc1nc(Cc2ccc(NS(=O)(=O)NC(=O)OC(C)(C)C)cc2)cc2cnn(C)c(=O)c12. The summed E-state index contributed by atoms with van der Waals surface area (Å²) in [7, 11) is -1.17. The summed E-state index contributed by atoms with van der Waals surface area (Å²) in [4.78, 5) is 28.5. The number of amides is 1. The number of methoxy groups -OCH3 is 1. The summed E-state index contributed by atoms with van der Waals surface area (Å²) in [6.45, 7) is 4.88. The largest absolute Gasteiger partial charge is 0.480 e. The molecular weight excluding hydrogens is 450 g/mol. The van der Waals surface area contributed by atoms with E-state index in [0.717, 1.165) is 5.56 Å². The van der Waals surface area contributed by atoms with Gasteiger partial charge in [0.15, 0.2) is 0 Å². The molecule has 12 heteroatoms. The Kier molecular flexibility index (Phi) is 6.58. The van der Waals surface area contributed by atoms with E-state index in [1.54, 1.807) is 69.1 Å². The Hall–Kier alpha value is -3.67. The number of rotatable bonds is 6. The van der Waals surface area contributed by atoms with Gasteiger partial charge in [0, 0.05) is 24.5 Å². The summed E-state index contributed by atoms with van der Waals surface area (Å²) in [5, 5.41) is 4.99. The Bertz CT molecular complexity index is 1340. The van der Waals surface area contributed by atoms with Crippen LogP contribution >= 0.6 is 0 Å². The van der Waals surface area contributed by atoms with Gasteiger partial charge in [-0.05, 0) is 44.5 Å². The molecular formula is C21H25N5O6S. The van der Waals surface area contributed by atoms with Crippen LogP contribution in [-0.4, -0.2) is 42.0 Å². The number of carbonyl (C=O) groups is 1. The fourth-order valence-electron chi connectivity index (χ4n) is 3.00. The topological polar surface area (TPSA) is 142 Å². The number of nitrogens with zero attached hydrogens (tertiary/aromatic N) is 3. The normalized spacial score (nSPS) is 11.8. The summed E-state index contributed by atoms with van der Waals surface area (Å²) in [6, 6.07) is 8.30. The third-order valence-electron chi connectivity index (χ3n) is 4.35. The number of carbonyl (C=O) groups excluding carboxylic acids is 1. The maximum Gasteiger partial charge on any atom is 0.422 e. The Balaban J connectivity index is 1.75. The highest BCUT2D eigenvalue weighted by Gasteiger charge is 2.21. The molecule has 0 atom stereocenters. The molecule has 0 radical (unpaired) electrons. The van der Waals surface area contributed by atoms with Crippen LogP contribution in [0.5, 0.6) is 5.88 Å². The highest BCUT2D eigenvalue weighted by Crippen LogP contribution is 2.22. The Morgan fingerprint density at radius 3 is 2.45 bits per heavy atom. The Morgan fingerprint density at radius 1 is 1.18 bits per heavy atom. The molecule has 176 valence electrons. The number of fused-ring (bicyclic) bond motifs is 1. The van der Waals surface area contributed by atoms with Crippen LogP contribution in [0.4, 0.5) is 10.5 Å². The number of ether oxygens (including phenoxy) is 2. The van der Waals surface area contributed by atoms with E-state index < -0.39 is 21.9 Å². The lowest BCUT2D eigenvalue weighted by Crippen LogP contribution is -2.39. The van der Waals surface area contributed by atoms with E-state index in [-0.39, 0.29) is 17.1 Å². The van der Waals surface area contributed by atoms with Crippen LogP contribution < -0.4 is 19.7 Å². The number of aromatic nitrogens is 3. The molecule has 1 aromatic carbocycles. The van der Waals surface area contributed by atoms with Crippen molar-refractivity contribution in [3.8, 4) is 5.88 Å². The molecule has 0 aliphatic rings. The number of anilines is 1. The van der Waals surface area contributed by atoms with E-state index in [1.807, 2.05) is 0 Å². The molecule has 2 N–H and O–H groups in total. The van der Waals surface area contributed by atoms with Gasteiger partial charge in [-0.25, -0.2) is 19.2 Å². The molecule has 11 nitrogen and oxygen atoms in total. The lowest BCUT2D eigenvalue weighted by atomic mass is 10.1. The second kappa shape index (κ2) is 9.06. The lowest BCUT2D eigenvalue weighted by Gasteiger charge is -2.19. The molecule has 0 unspecified atom stereocenters. The van der Waals surface area contributed by atoms with Gasteiger partial charge in [-0.15, -0.1) is 0 Å². The van der Waals surface area contributed by atoms with Crippen molar-refractivity contribution in [2.75, 3.05) is 11.8 Å². The number of hydrogen-bond acceptors (Lipinski definition) is 8. The zero-order chi connectivity index (χ0) is 24.4. The fraction of sp³-hybridized carbons (Fsp3) is 0.333. The van der Waals surface area contributed by atoms with Crippen LogP contribution in [0.25, 0.3) is 10.8 Å².